The third-order valence-corrected chi connectivity index (χ3v) is 5.40. The van der Waals surface area contributed by atoms with Crippen LogP contribution in [0.2, 0.25) is 0 Å². The minimum atomic E-state index is 0.726. The largest absolute Gasteiger partial charge is 0.316 e. The van der Waals surface area contributed by atoms with Crippen molar-refractivity contribution in [3.05, 3.63) is 0 Å². The zero-order chi connectivity index (χ0) is 12.8. The number of nitrogens with one attached hydrogen (secondary N) is 1. The van der Waals surface area contributed by atoms with Gasteiger partial charge in [-0.3, -0.25) is 0 Å². The highest BCUT2D eigenvalue weighted by atomic mass is 32.2. The zero-order valence-electron chi connectivity index (χ0n) is 12.3. The Kier molecular flexibility index (Phi) is 6.94. The van der Waals surface area contributed by atoms with E-state index in [2.05, 4.69) is 51.8 Å². The van der Waals surface area contributed by atoms with Crippen molar-refractivity contribution in [1.82, 2.24) is 5.32 Å². The summed E-state index contributed by atoms with van der Waals surface area (Å²) in [6.45, 7) is 9.48. The van der Waals surface area contributed by atoms with Crippen LogP contribution in [0.15, 0.2) is 0 Å². The van der Waals surface area contributed by atoms with E-state index in [1.165, 1.54) is 30.8 Å². The molecule has 2 heteroatoms. The van der Waals surface area contributed by atoms with Gasteiger partial charge in [0.25, 0.3) is 0 Å². The smallest absolute Gasteiger partial charge is 0.0183 e. The van der Waals surface area contributed by atoms with Crippen molar-refractivity contribution in [2.45, 2.75) is 53.0 Å². The van der Waals surface area contributed by atoms with Gasteiger partial charge in [-0.15, -0.1) is 0 Å². The fourth-order valence-electron chi connectivity index (χ4n) is 3.22. The molecule has 0 aliphatic heterocycles. The first-order valence-electron chi connectivity index (χ1n) is 7.27. The van der Waals surface area contributed by atoms with Gasteiger partial charge in [0.15, 0.2) is 0 Å². The average Bonchev–Trinajstić information content (AvgIpc) is 2.22. The molecule has 3 atom stereocenters. The second-order valence-electron chi connectivity index (χ2n) is 6.50. The minimum Gasteiger partial charge on any atom is -0.316 e. The lowest BCUT2D eigenvalue weighted by atomic mass is 9.74. The van der Waals surface area contributed by atoms with Gasteiger partial charge in [0, 0.05) is 11.8 Å². The van der Waals surface area contributed by atoms with Crippen molar-refractivity contribution in [2.75, 3.05) is 18.6 Å². The van der Waals surface area contributed by atoms with Gasteiger partial charge in [0.1, 0.15) is 0 Å². The van der Waals surface area contributed by atoms with E-state index >= 15 is 0 Å². The monoisotopic (exact) mass is 257 g/mol. The van der Waals surface area contributed by atoms with E-state index < -0.39 is 0 Å². The average molecular weight is 257 g/mol. The first kappa shape index (κ1) is 15.4. The molecule has 1 rings (SSSR count). The van der Waals surface area contributed by atoms with Crippen molar-refractivity contribution in [3.8, 4) is 0 Å². The molecule has 17 heavy (non-hydrogen) atoms. The lowest BCUT2D eigenvalue weighted by Crippen LogP contribution is -2.39. The summed E-state index contributed by atoms with van der Waals surface area (Å²) < 4.78 is 0. The van der Waals surface area contributed by atoms with Crippen LogP contribution in [0, 0.1) is 23.7 Å². The molecule has 0 aromatic heterocycles. The lowest BCUT2D eigenvalue weighted by Gasteiger charge is -2.36. The Bertz CT molecular complexity index is 195. The Morgan fingerprint density at radius 2 is 1.65 bits per heavy atom. The molecule has 0 radical (unpaired) electrons. The first-order chi connectivity index (χ1) is 8.02. The molecule has 0 spiro atoms. The van der Waals surface area contributed by atoms with Gasteiger partial charge in [-0.2, -0.15) is 11.8 Å². The van der Waals surface area contributed by atoms with Crippen LogP contribution in [0.3, 0.4) is 0 Å². The molecule has 1 nitrogen and oxygen atoms in total. The van der Waals surface area contributed by atoms with Gasteiger partial charge in [-0.05, 0) is 55.7 Å². The van der Waals surface area contributed by atoms with Crippen LogP contribution < -0.4 is 5.32 Å². The lowest BCUT2D eigenvalue weighted by molar-refractivity contribution is 0.188. The Hall–Kier alpha value is 0.310. The van der Waals surface area contributed by atoms with Crippen LogP contribution >= 0.6 is 11.8 Å². The van der Waals surface area contributed by atoms with Gasteiger partial charge in [0.2, 0.25) is 0 Å². The van der Waals surface area contributed by atoms with E-state index in [1.54, 1.807) is 0 Å². The van der Waals surface area contributed by atoms with Crippen LogP contribution in [0.25, 0.3) is 0 Å². The Morgan fingerprint density at radius 1 is 1.06 bits per heavy atom. The quantitative estimate of drug-likeness (QED) is 0.771. The first-order valence-corrected chi connectivity index (χ1v) is 8.43. The Morgan fingerprint density at radius 3 is 2.12 bits per heavy atom. The molecule has 1 N–H and O–H groups in total. The van der Waals surface area contributed by atoms with Gasteiger partial charge in [0.05, 0.1) is 0 Å². The fourth-order valence-corrected chi connectivity index (χ4v) is 4.52. The molecule has 1 aliphatic rings. The van der Waals surface area contributed by atoms with Crippen molar-refractivity contribution < 1.29 is 0 Å². The minimum absolute atomic E-state index is 0.726. The van der Waals surface area contributed by atoms with E-state index in [0.29, 0.717) is 0 Å². The van der Waals surface area contributed by atoms with Crippen molar-refractivity contribution in [1.29, 1.82) is 0 Å². The predicted octanol–water partition coefficient (Wildman–Crippen LogP) is 4.04. The summed E-state index contributed by atoms with van der Waals surface area (Å²) >= 11 is 2.13. The molecular formula is C15H31NS. The zero-order valence-corrected chi connectivity index (χ0v) is 13.1. The summed E-state index contributed by atoms with van der Waals surface area (Å²) in [6.07, 6.45) is 4.29. The van der Waals surface area contributed by atoms with Crippen molar-refractivity contribution >= 4 is 11.8 Å². The van der Waals surface area contributed by atoms with E-state index in [1.807, 2.05) is 0 Å². The molecule has 1 fully saturated rings. The standard InChI is InChI=1S/C15H31NS/c1-11(2)9-17-10-15(16-5)14-7-12(3)6-13(4)8-14/h11-16H,6-10H2,1-5H3. The summed E-state index contributed by atoms with van der Waals surface area (Å²) in [5.41, 5.74) is 0. The summed E-state index contributed by atoms with van der Waals surface area (Å²) in [7, 11) is 2.14. The second kappa shape index (κ2) is 7.68. The molecule has 0 bridgehead atoms. The summed E-state index contributed by atoms with van der Waals surface area (Å²) in [5.74, 6) is 6.17. The molecular weight excluding hydrogens is 226 g/mol. The normalized spacial score (nSPS) is 31.8. The second-order valence-corrected chi connectivity index (χ2v) is 7.58. The van der Waals surface area contributed by atoms with Crippen LogP contribution in [0.5, 0.6) is 0 Å². The van der Waals surface area contributed by atoms with Crippen LogP contribution in [-0.2, 0) is 0 Å². The number of hydrogen-bond donors (Lipinski definition) is 1. The van der Waals surface area contributed by atoms with Gasteiger partial charge in [-0.1, -0.05) is 27.7 Å². The Balaban J connectivity index is 2.37. The van der Waals surface area contributed by atoms with Crippen LogP contribution in [0.4, 0.5) is 0 Å². The van der Waals surface area contributed by atoms with Crippen molar-refractivity contribution in [2.24, 2.45) is 23.7 Å². The van der Waals surface area contributed by atoms with Crippen LogP contribution in [0.1, 0.15) is 47.0 Å². The molecule has 102 valence electrons. The van der Waals surface area contributed by atoms with Gasteiger partial charge in [-0.25, -0.2) is 0 Å². The number of rotatable bonds is 6. The van der Waals surface area contributed by atoms with Crippen LogP contribution in [-0.4, -0.2) is 24.6 Å². The van der Waals surface area contributed by atoms with Gasteiger partial charge < -0.3 is 5.32 Å². The highest BCUT2D eigenvalue weighted by molar-refractivity contribution is 7.99. The maximum atomic E-state index is 3.57. The molecule has 0 heterocycles. The van der Waals surface area contributed by atoms with E-state index in [0.717, 1.165) is 29.7 Å². The SMILES string of the molecule is CNC(CSCC(C)C)C1CC(C)CC(C)C1. The van der Waals surface area contributed by atoms with Gasteiger partial charge >= 0.3 is 0 Å². The molecule has 0 aromatic rings. The number of thioether (sulfide) groups is 1. The molecule has 0 amide bonds. The number of hydrogen-bond acceptors (Lipinski definition) is 2. The molecule has 1 saturated carbocycles. The maximum absolute atomic E-state index is 3.57. The summed E-state index contributed by atoms with van der Waals surface area (Å²) in [5, 5.41) is 3.57. The predicted molar refractivity (Wildman–Crippen MR) is 80.7 cm³/mol. The topological polar surface area (TPSA) is 12.0 Å². The molecule has 3 unspecified atom stereocenters. The van der Waals surface area contributed by atoms with E-state index in [4.69, 9.17) is 0 Å². The fraction of sp³-hybridized carbons (Fsp3) is 1.00. The third kappa shape index (κ3) is 5.65. The summed E-state index contributed by atoms with van der Waals surface area (Å²) in [6, 6.07) is 0.726. The van der Waals surface area contributed by atoms with E-state index in [-0.39, 0.29) is 0 Å². The van der Waals surface area contributed by atoms with E-state index in [9.17, 15) is 0 Å². The maximum Gasteiger partial charge on any atom is 0.0183 e. The van der Waals surface area contributed by atoms with Crippen molar-refractivity contribution in [3.63, 3.8) is 0 Å². The summed E-state index contributed by atoms with van der Waals surface area (Å²) in [4.78, 5) is 0. The Labute approximate surface area is 113 Å². The molecule has 0 saturated heterocycles. The highest BCUT2D eigenvalue weighted by Gasteiger charge is 2.29. The highest BCUT2D eigenvalue weighted by Crippen LogP contribution is 2.35. The third-order valence-electron chi connectivity index (χ3n) is 3.90. The molecule has 1 aliphatic carbocycles. The molecule has 0 aromatic carbocycles.